The van der Waals surface area contributed by atoms with E-state index in [-0.39, 0.29) is 5.69 Å². The van der Waals surface area contributed by atoms with E-state index < -0.39 is 23.2 Å². The molecule has 0 unspecified atom stereocenters. The standard InChI is InChI=1S/C7H4ClF3N2O2/c8-6(14)5-3(12)1-2-4(13-5)15-7(9,10)11/h1-2H,12H2. The Bertz CT molecular complexity index is 394. The van der Waals surface area contributed by atoms with Crippen LogP contribution in [0.2, 0.25) is 0 Å². The SMILES string of the molecule is Nc1ccc(OC(F)(F)F)nc1C(=O)Cl. The van der Waals surface area contributed by atoms with Crippen molar-refractivity contribution in [3.05, 3.63) is 17.8 Å². The number of rotatable bonds is 2. The number of alkyl halides is 3. The summed E-state index contributed by atoms with van der Waals surface area (Å²) < 4.78 is 38.8. The quantitative estimate of drug-likeness (QED) is 0.803. The smallest absolute Gasteiger partial charge is 0.397 e. The lowest BCUT2D eigenvalue weighted by atomic mass is 10.3. The molecule has 0 aliphatic carbocycles. The normalized spacial score (nSPS) is 11.2. The zero-order chi connectivity index (χ0) is 11.6. The number of nitrogens with two attached hydrogens (primary N) is 1. The topological polar surface area (TPSA) is 65.2 Å². The van der Waals surface area contributed by atoms with Gasteiger partial charge in [-0.1, -0.05) is 0 Å². The van der Waals surface area contributed by atoms with Crippen LogP contribution in [-0.2, 0) is 0 Å². The number of pyridine rings is 1. The second kappa shape index (κ2) is 3.93. The molecular formula is C7H4ClF3N2O2. The number of ether oxygens (including phenoxy) is 1. The number of hydrogen-bond acceptors (Lipinski definition) is 4. The van der Waals surface area contributed by atoms with Gasteiger partial charge in [0.25, 0.3) is 5.24 Å². The van der Waals surface area contributed by atoms with Gasteiger partial charge in [0.05, 0.1) is 5.69 Å². The van der Waals surface area contributed by atoms with Gasteiger partial charge in [-0.2, -0.15) is 0 Å². The van der Waals surface area contributed by atoms with Crippen LogP contribution >= 0.6 is 11.6 Å². The van der Waals surface area contributed by atoms with Gasteiger partial charge in [0.15, 0.2) is 0 Å². The summed E-state index contributed by atoms with van der Waals surface area (Å²) in [4.78, 5) is 13.9. The molecule has 82 valence electrons. The van der Waals surface area contributed by atoms with E-state index in [9.17, 15) is 18.0 Å². The van der Waals surface area contributed by atoms with Gasteiger partial charge in [0, 0.05) is 6.07 Å². The van der Waals surface area contributed by atoms with E-state index in [0.29, 0.717) is 0 Å². The van der Waals surface area contributed by atoms with Gasteiger partial charge >= 0.3 is 6.36 Å². The lowest BCUT2D eigenvalue weighted by Crippen LogP contribution is -2.18. The Hall–Kier alpha value is -1.50. The minimum atomic E-state index is -4.88. The van der Waals surface area contributed by atoms with Gasteiger partial charge in [0.1, 0.15) is 5.69 Å². The van der Waals surface area contributed by atoms with Crippen LogP contribution in [0.15, 0.2) is 12.1 Å². The largest absolute Gasteiger partial charge is 0.574 e. The summed E-state index contributed by atoms with van der Waals surface area (Å²) in [6.45, 7) is 0. The number of nitrogen functional groups attached to an aromatic ring is 1. The van der Waals surface area contributed by atoms with Crippen LogP contribution in [0.3, 0.4) is 0 Å². The Morgan fingerprint density at radius 1 is 1.47 bits per heavy atom. The van der Waals surface area contributed by atoms with Crippen molar-refractivity contribution in [1.82, 2.24) is 4.98 Å². The molecule has 0 aliphatic heterocycles. The molecule has 1 aromatic rings. The predicted molar refractivity (Wildman–Crippen MR) is 45.5 cm³/mol. The van der Waals surface area contributed by atoms with E-state index in [1.807, 2.05) is 0 Å². The van der Waals surface area contributed by atoms with E-state index in [4.69, 9.17) is 17.3 Å². The highest BCUT2D eigenvalue weighted by atomic mass is 35.5. The number of nitrogens with zero attached hydrogens (tertiary/aromatic N) is 1. The summed E-state index contributed by atoms with van der Waals surface area (Å²) in [6.07, 6.45) is -4.88. The monoisotopic (exact) mass is 240 g/mol. The molecule has 0 atom stereocenters. The first kappa shape index (κ1) is 11.6. The number of aromatic nitrogens is 1. The molecule has 1 rings (SSSR count). The molecule has 0 radical (unpaired) electrons. The Labute approximate surface area is 86.8 Å². The van der Waals surface area contributed by atoms with Crippen LogP contribution in [0, 0.1) is 0 Å². The molecule has 0 saturated carbocycles. The summed E-state index contributed by atoms with van der Waals surface area (Å²) in [6, 6.07) is 1.93. The summed E-state index contributed by atoms with van der Waals surface area (Å²) >= 11 is 5.03. The molecule has 0 aromatic carbocycles. The summed E-state index contributed by atoms with van der Waals surface area (Å²) in [5.74, 6) is -0.791. The predicted octanol–water partition coefficient (Wildman–Crippen LogP) is 1.94. The maximum absolute atomic E-state index is 11.8. The number of anilines is 1. The van der Waals surface area contributed by atoms with Crippen LogP contribution in [-0.4, -0.2) is 16.6 Å². The number of hydrogen-bond donors (Lipinski definition) is 1. The fraction of sp³-hybridized carbons (Fsp3) is 0.143. The highest BCUT2D eigenvalue weighted by Crippen LogP contribution is 2.23. The number of carbonyl (C=O) groups is 1. The third-order valence-corrected chi connectivity index (χ3v) is 1.49. The van der Waals surface area contributed by atoms with Crippen molar-refractivity contribution in [3.63, 3.8) is 0 Å². The van der Waals surface area contributed by atoms with Crippen molar-refractivity contribution in [1.29, 1.82) is 0 Å². The van der Waals surface area contributed by atoms with E-state index >= 15 is 0 Å². The Balaban J connectivity index is 3.03. The Morgan fingerprint density at radius 3 is 2.53 bits per heavy atom. The lowest BCUT2D eigenvalue weighted by Gasteiger charge is -2.08. The van der Waals surface area contributed by atoms with Crippen LogP contribution in [0.5, 0.6) is 5.88 Å². The zero-order valence-electron chi connectivity index (χ0n) is 7.01. The van der Waals surface area contributed by atoms with Crippen LogP contribution in [0.1, 0.15) is 10.5 Å². The van der Waals surface area contributed by atoms with Crippen molar-refractivity contribution in [2.24, 2.45) is 0 Å². The molecule has 1 heterocycles. The van der Waals surface area contributed by atoms with Crippen molar-refractivity contribution in [2.75, 3.05) is 5.73 Å². The fourth-order valence-corrected chi connectivity index (χ4v) is 0.936. The fourth-order valence-electron chi connectivity index (χ4n) is 0.785. The second-order valence-electron chi connectivity index (χ2n) is 2.41. The van der Waals surface area contributed by atoms with Crippen molar-refractivity contribution < 1.29 is 22.7 Å². The Morgan fingerprint density at radius 2 is 2.07 bits per heavy atom. The van der Waals surface area contributed by atoms with Gasteiger partial charge in [0.2, 0.25) is 5.88 Å². The highest BCUT2D eigenvalue weighted by molar-refractivity contribution is 6.68. The molecule has 8 heteroatoms. The summed E-state index contributed by atoms with van der Waals surface area (Å²) in [5, 5.41) is -1.06. The molecule has 4 nitrogen and oxygen atoms in total. The van der Waals surface area contributed by atoms with E-state index in [1.54, 1.807) is 0 Å². The van der Waals surface area contributed by atoms with Crippen molar-refractivity contribution in [2.45, 2.75) is 6.36 Å². The molecule has 2 N–H and O–H groups in total. The average Bonchev–Trinajstić information content (AvgIpc) is 2.05. The third kappa shape index (κ3) is 3.28. The van der Waals surface area contributed by atoms with E-state index in [1.165, 1.54) is 0 Å². The molecule has 0 saturated heterocycles. The van der Waals surface area contributed by atoms with E-state index in [0.717, 1.165) is 12.1 Å². The average molecular weight is 241 g/mol. The molecule has 0 spiro atoms. The van der Waals surface area contributed by atoms with Crippen molar-refractivity contribution >= 4 is 22.5 Å². The maximum atomic E-state index is 11.8. The second-order valence-corrected chi connectivity index (χ2v) is 2.75. The van der Waals surface area contributed by atoms with Gasteiger partial charge in [-0.05, 0) is 17.7 Å². The highest BCUT2D eigenvalue weighted by Gasteiger charge is 2.32. The molecule has 0 amide bonds. The molecular weight excluding hydrogens is 237 g/mol. The molecule has 0 aliphatic rings. The number of halogens is 4. The van der Waals surface area contributed by atoms with Gasteiger partial charge in [-0.3, -0.25) is 4.79 Å². The van der Waals surface area contributed by atoms with Gasteiger partial charge < -0.3 is 10.5 Å². The third-order valence-electron chi connectivity index (χ3n) is 1.31. The first-order valence-electron chi connectivity index (χ1n) is 3.51. The van der Waals surface area contributed by atoms with Crippen molar-refractivity contribution in [3.8, 4) is 5.88 Å². The molecule has 0 bridgehead atoms. The molecule has 15 heavy (non-hydrogen) atoms. The van der Waals surface area contributed by atoms with Crippen LogP contribution in [0.25, 0.3) is 0 Å². The van der Waals surface area contributed by atoms with Crippen LogP contribution < -0.4 is 10.5 Å². The summed E-state index contributed by atoms with van der Waals surface area (Å²) in [5.41, 5.74) is 4.66. The molecule has 1 aromatic heterocycles. The maximum Gasteiger partial charge on any atom is 0.574 e. The van der Waals surface area contributed by atoms with E-state index in [2.05, 4.69) is 9.72 Å². The van der Waals surface area contributed by atoms with Gasteiger partial charge in [-0.25, -0.2) is 4.98 Å². The lowest BCUT2D eigenvalue weighted by molar-refractivity contribution is -0.276. The first-order valence-corrected chi connectivity index (χ1v) is 3.89. The Kier molecular flexibility index (Phi) is 3.04. The minimum absolute atomic E-state index is 0.121. The van der Waals surface area contributed by atoms with Crippen LogP contribution in [0.4, 0.5) is 18.9 Å². The summed E-state index contributed by atoms with van der Waals surface area (Å²) in [7, 11) is 0. The minimum Gasteiger partial charge on any atom is -0.397 e. The number of carbonyl (C=O) groups excluding carboxylic acids is 1. The van der Waals surface area contributed by atoms with Gasteiger partial charge in [-0.15, -0.1) is 13.2 Å². The first-order chi connectivity index (χ1) is 6.79. The zero-order valence-corrected chi connectivity index (χ0v) is 7.76. The molecule has 0 fully saturated rings.